The maximum Gasteiger partial charge on any atom is 0.155 e. The lowest BCUT2D eigenvalue weighted by Crippen LogP contribution is -1.87. The van der Waals surface area contributed by atoms with Gasteiger partial charge in [-0.1, -0.05) is 12.1 Å². The molecule has 0 saturated heterocycles. The van der Waals surface area contributed by atoms with Gasteiger partial charge in [-0.3, -0.25) is 4.98 Å². The number of rotatable bonds is 2. The van der Waals surface area contributed by atoms with Crippen LogP contribution in [0.3, 0.4) is 0 Å². The largest absolute Gasteiger partial charge is 0.257 e. The summed E-state index contributed by atoms with van der Waals surface area (Å²) in [6.45, 7) is 0. The van der Waals surface area contributed by atoms with Gasteiger partial charge in [-0.15, -0.1) is 0 Å². The maximum atomic E-state index is 4.22. The summed E-state index contributed by atoms with van der Waals surface area (Å²) in [5, 5.41) is 4.09. The molecule has 0 radical (unpaired) electrons. The third kappa shape index (κ3) is 2.06. The molecule has 3 aromatic rings. The molecule has 0 aromatic carbocycles. The zero-order valence-electron chi connectivity index (χ0n) is 9.06. The normalized spacial score (nSPS) is 11.3. The van der Waals surface area contributed by atoms with Gasteiger partial charge < -0.3 is 0 Å². The molecular formula is C13H10N4. The van der Waals surface area contributed by atoms with Crippen molar-refractivity contribution in [3.8, 4) is 0 Å². The van der Waals surface area contributed by atoms with Gasteiger partial charge in [0, 0.05) is 12.4 Å². The van der Waals surface area contributed by atoms with Crippen molar-refractivity contribution in [1.29, 1.82) is 0 Å². The molecule has 0 aliphatic carbocycles. The molecule has 0 spiro atoms. The zero-order valence-corrected chi connectivity index (χ0v) is 9.06. The van der Waals surface area contributed by atoms with Crippen LogP contribution < -0.4 is 0 Å². The van der Waals surface area contributed by atoms with Crippen molar-refractivity contribution >= 4 is 17.8 Å². The molecule has 0 atom stereocenters. The molecule has 4 heteroatoms. The van der Waals surface area contributed by atoms with Gasteiger partial charge in [-0.05, 0) is 35.9 Å². The molecule has 17 heavy (non-hydrogen) atoms. The van der Waals surface area contributed by atoms with Gasteiger partial charge in [0.2, 0.25) is 0 Å². The van der Waals surface area contributed by atoms with Crippen molar-refractivity contribution in [2.75, 3.05) is 0 Å². The van der Waals surface area contributed by atoms with E-state index < -0.39 is 0 Å². The van der Waals surface area contributed by atoms with E-state index in [1.807, 2.05) is 48.7 Å². The molecule has 0 unspecified atom stereocenters. The molecule has 0 bridgehead atoms. The third-order valence-electron chi connectivity index (χ3n) is 2.43. The van der Waals surface area contributed by atoms with Gasteiger partial charge in [0.1, 0.15) is 6.33 Å². The number of nitrogens with zero attached hydrogens (tertiary/aromatic N) is 4. The lowest BCUT2D eigenvalue weighted by molar-refractivity contribution is 0.959. The standard InChI is InChI=1S/C13H10N4/c1-2-8-14-12(3-1)6-4-11-5-7-13-15-10-16-17(13)9-11/h1-10H. The monoisotopic (exact) mass is 222 g/mol. The summed E-state index contributed by atoms with van der Waals surface area (Å²) in [5.41, 5.74) is 2.85. The predicted octanol–water partition coefficient (Wildman–Crippen LogP) is 2.29. The Bertz CT molecular complexity index is 655. The van der Waals surface area contributed by atoms with Gasteiger partial charge in [0.05, 0.1) is 5.69 Å². The van der Waals surface area contributed by atoms with Crippen LogP contribution in [0.25, 0.3) is 17.8 Å². The molecule has 0 aliphatic heterocycles. The Morgan fingerprint density at radius 3 is 2.88 bits per heavy atom. The van der Waals surface area contributed by atoms with Gasteiger partial charge in [0.25, 0.3) is 0 Å². The Morgan fingerprint density at radius 1 is 1.00 bits per heavy atom. The second kappa shape index (κ2) is 4.17. The van der Waals surface area contributed by atoms with Gasteiger partial charge in [-0.2, -0.15) is 5.10 Å². The van der Waals surface area contributed by atoms with Crippen LogP contribution in [0.2, 0.25) is 0 Å². The average Bonchev–Trinajstić information content (AvgIpc) is 2.85. The number of pyridine rings is 2. The third-order valence-corrected chi connectivity index (χ3v) is 2.43. The summed E-state index contributed by atoms with van der Waals surface area (Å²) in [6, 6.07) is 9.77. The highest BCUT2D eigenvalue weighted by molar-refractivity contribution is 5.68. The van der Waals surface area contributed by atoms with Gasteiger partial charge in [0.15, 0.2) is 5.65 Å². The topological polar surface area (TPSA) is 43.1 Å². The van der Waals surface area contributed by atoms with E-state index >= 15 is 0 Å². The second-order valence-corrected chi connectivity index (χ2v) is 3.61. The SMILES string of the molecule is C(=Cc1ccccn1)c1ccc2ncnn2c1. The molecule has 82 valence electrons. The van der Waals surface area contributed by atoms with E-state index in [-0.39, 0.29) is 0 Å². The minimum Gasteiger partial charge on any atom is -0.257 e. The minimum atomic E-state index is 0.847. The van der Waals surface area contributed by atoms with Crippen LogP contribution in [-0.4, -0.2) is 19.6 Å². The number of hydrogen-bond acceptors (Lipinski definition) is 3. The van der Waals surface area contributed by atoms with Crippen LogP contribution in [0.1, 0.15) is 11.3 Å². The zero-order chi connectivity index (χ0) is 11.5. The summed E-state index contributed by atoms with van der Waals surface area (Å²) in [5.74, 6) is 0. The molecule has 3 aromatic heterocycles. The van der Waals surface area contributed by atoms with Crippen LogP contribution >= 0.6 is 0 Å². The van der Waals surface area contributed by atoms with Crippen LogP contribution in [0, 0.1) is 0 Å². The summed E-state index contributed by atoms with van der Waals surface area (Å²) < 4.78 is 1.75. The smallest absolute Gasteiger partial charge is 0.155 e. The quantitative estimate of drug-likeness (QED) is 0.668. The van der Waals surface area contributed by atoms with E-state index in [4.69, 9.17) is 0 Å². The highest BCUT2D eigenvalue weighted by atomic mass is 15.3. The van der Waals surface area contributed by atoms with Gasteiger partial charge >= 0.3 is 0 Å². The first-order valence-corrected chi connectivity index (χ1v) is 5.30. The molecule has 0 saturated carbocycles. The van der Waals surface area contributed by atoms with Crippen LogP contribution in [0.4, 0.5) is 0 Å². The van der Waals surface area contributed by atoms with Crippen molar-refractivity contribution in [3.05, 3.63) is 60.3 Å². The number of fused-ring (bicyclic) bond motifs is 1. The summed E-state index contributed by atoms with van der Waals surface area (Å²) in [6.07, 6.45) is 9.23. The fourth-order valence-corrected chi connectivity index (χ4v) is 1.59. The van der Waals surface area contributed by atoms with Crippen molar-refractivity contribution in [3.63, 3.8) is 0 Å². The van der Waals surface area contributed by atoms with E-state index in [1.165, 1.54) is 0 Å². The fourth-order valence-electron chi connectivity index (χ4n) is 1.59. The van der Waals surface area contributed by atoms with Crippen molar-refractivity contribution in [2.24, 2.45) is 0 Å². The summed E-state index contributed by atoms with van der Waals surface area (Å²) >= 11 is 0. The fraction of sp³-hybridized carbons (Fsp3) is 0. The average molecular weight is 222 g/mol. The lowest BCUT2D eigenvalue weighted by atomic mass is 10.2. The van der Waals surface area contributed by atoms with E-state index in [0.717, 1.165) is 16.9 Å². The molecule has 4 nitrogen and oxygen atoms in total. The number of aromatic nitrogens is 4. The van der Waals surface area contributed by atoms with Gasteiger partial charge in [-0.25, -0.2) is 9.50 Å². The van der Waals surface area contributed by atoms with Crippen molar-refractivity contribution < 1.29 is 0 Å². The highest BCUT2D eigenvalue weighted by Gasteiger charge is 1.94. The van der Waals surface area contributed by atoms with E-state index in [2.05, 4.69) is 15.1 Å². The number of hydrogen-bond donors (Lipinski definition) is 0. The molecule has 0 aliphatic rings. The van der Waals surface area contributed by atoms with E-state index in [9.17, 15) is 0 Å². The maximum absolute atomic E-state index is 4.22. The van der Waals surface area contributed by atoms with Crippen molar-refractivity contribution in [1.82, 2.24) is 19.6 Å². The Labute approximate surface area is 98.3 Å². The summed E-state index contributed by atoms with van der Waals surface area (Å²) in [7, 11) is 0. The Morgan fingerprint density at radius 2 is 2.00 bits per heavy atom. The van der Waals surface area contributed by atoms with E-state index in [0.29, 0.717) is 0 Å². The molecule has 0 N–H and O–H groups in total. The minimum absolute atomic E-state index is 0.847. The molecule has 3 rings (SSSR count). The van der Waals surface area contributed by atoms with Crippen LogP contribution in [0.5, 0.6) is 0 Å². The highest BCUT2D eigenvalue weighted by Crippen LogP contribution is 2.07. The Balaban J connectivity index is 1.92. The van der Waals surface area contributed by atoms with Crippen LogP contribution in [-0.2, 0) is 0 Å². The molecule has 0 fully saturated rings. The predicted molar refractivity (Wildman–Crippen MR) is 66.2 cm³/mol. The van der Waals surface area contributed by atoms with Crippen LogP contribution in [0.15, 0.2) is 49.1 Å². The first-order chi connectivity index (χ1) is 8.42. The second-order valence-electron chi connectivity index (χ2n) is 3.61. The lowest BCUT2D eigenvalue weighted by Gasteiger charge is -1.95. The van der Waals surface area contributed by atoms with Crippen molar-refractivity contribution in [2.45, 2.75) is 0 Å². The Hall–Kier alpha value is -2.49. The molecule has 0 amide bonds. The first-order valence-electron chi connectivity index (χ1n) is 5.30. The first kappa shape index (κ1) is 9.72. The summed E-state index contributed by atoms with van der Waals surface area (Å²) in [4.78, 5) is 8.32. The molecular weight excluding hydrogens is 212 g/mol. The van der Waals surface area contributed by atoms with E-state index in [1.54, 1.807) is 17.0 Å². The Kier molecular flexibility index (Phi) is 2.38. The molecule has 3 heterocycles.